The molecule has 19 heavy (non-hydrogen) atoms. The lowest BCUT2D eigenvalue weighted by Gasteiger charge is -2.12. The molecule has 0 aliphatic rings. The van der Waals surface area contributed by atoms with E-state index in [-0.39, 0.29) is 11.2 Å². The van der Waals surface area contributed by atoms with E-state index in [1.807, 2.05) is 18.2 Å². The van der Waals surface area contributed by atoms with E-state index in [0.717, 1.165) is 16.8 Å². The summed E-state index contributed by atoms with van der Waals surface area (Å²) >= 11 is 6.45. The van der Waals surface area contributed by atoms with Gasteiger partial charge < -0.3 is 4.98 Å². The van der Waals surface area contributed by atoms with Crippen molar-refractivity contribution >= 4 is 22.4 Å². The number of aromatic amines is 1. The number of halogens is 2. The van der Waals surface area contributed by atoms with Gasteiger partial charge in [-0.1, -0.05) is 30.3 Å². The maximum Gasteiger partial charge on any atom is 0.131 e. The van der Waals surface area contributed by atoms with Gasteiger partial charge in [0.1, 0.15) is 11.6 Å². The van der Waals surface area contributed by atoms with Crippen molar-refractivity contribution in [3.05, 3.63) is 66.0 Å². The van der Waals surface area contributed by atoms with Gasteiger partial charge in [-0.2, -0.15) is 0 Å². The first kappa shape index (κ1) is 12.2. The molecule has 0 bridgehead atoms. The standard InChI is InChI=1S/C15H12ClFN2/c16-13(9-15-18-7-8-19-15)11-5-6-14(17)12-4-2-1-3-10(11)12/h1-8,13H,9H2,(H,18,19). The Morgan fingerprint density at radius 3 is 2.68 bits per heavy atom. The highest BCUT2D eigenvalue weighted by Crippen LogP contribution is 2.31. The number of imidazole rings is 1. The second kappa shape index (κ2) is 5.02. The molecule has 0 fully saturated rings. The highest BCUT2D eigenvalue weighted by atomic mass is 35.5. The van der Waals surface area contributed by atoms with Crippen molar-refractivity contribution in [2.75, 3.05) is 0 Å². The molecule has 1 atom stereocenters. The normalized spacial score (nSPS) is 12.7. The molecule has 1 N–H and O–H groups in total. The molecule has 0 amide bonds. The molecule has 0 saturated heterocycles. The van der Waals surface area contributed by atoms with Crippen LogP contribution in [0.4, 0.5) is 4.39 Å². The molecular weight excluding hydrogens is 263 g/mol. The van der Waals surface area contributed by atoms with E-state index in [1.54, 1.807) is 24.5 Å². The third-order valence-electron chi connectivity index (χ3n) is 3.17. The number of nitrogens with zero attached hydrogens (tertiary/aromatic N) is 1. The van der Waals surface area contributed by atoms with E-state index < -0.39 is 0 Å². The van der Waals surface area contributed by atoms with Gasteiger partial charge in [-0.05, 0) is 17.0 Å². The lowest BCUT2D eigenvalue weighted by atomic mass is 10.00. The Morgan fingerprint density at radius 1 is 1.16 bits per heavy atom. The van der Waals surface area contributed by atoms with Crippen molar-refractivity contribution in [2.24, 2.45) is 0 Å². The van der Waals surface area contributed by atoms with E-state index >= 15 is 0 Å². The average molecular weight is 275 g/mol. The topological polar surface area (TPSA) is 28.7 Å². The first-order valence-corrected chi connectivity index (χ1v) is 6.49. The van der Waals surface area contributed by atoms with Crippen LogP contribution in [0, 0.1) is 5.82 Å². The van der Waals surface area contributed by atoms with Crippen molar-refractivity contribution in [1.82, 2.24) is 9.97 Å². The minimum absolute atomic E-state index is 0.221. The van der Waals surface area contributed by atoms with Gasteiger partial charge in [-0.15, -0.1) is 11.6 Å². The second-order valence-electron chi connectivity index (χ2n) is 4.39. The molecular formula is C15H12ClFN2. The number of alkyl halides is 1. The summed E-state index contributed by atoms with van der Waals surface area (Å²) in [5.74, 6) is 0.606. The van der Waals surface area contributed by atoms with E-state index in [1.165, 1.54) is 6.07 Å². The van der Waals surface area contributed by atoms with Crippen molar-refractivity contribution in [2.45, 2.75) is 11.8 Å². The summed E-state index contributed by atoms with van der Waals surface area (Å²) in [5, 5.41) is 1.22. The molecule has 0 saturated carbocycles. The highest BCUT2D eigenvalue weighted by Gasteiger charge is 2.14. The van der Waals surface area contributed by atoms with Crippen LogP contribution in [0.25, 0.3) is 10.8 Å². The molecule has 2 nitrogen and oxygen atoms in total. The molecule has 4 heteroatoms. The van der Waals surface area contributed by atoms with Gasteiger partial charge in [0.15, 0.2) is 0 Å². The predicted molar refractivity (Wildman–Crippen MR) is 74.8 cm³/mol. The summed E-state index contributed by atoms with van der Waals surface area (Å²) < 4.78 is 13.7. The molecule has 1 unspecified atom stereocenters. The van der Waals surface area contributed by atoms with Crippen molar-refractivity contribution in [1.29, 1.82) is 0 Å². The van der Waals surface area contributed by atoms with E-state index in [4.69, 9.17) is 11.6 Å². The summed E-state index contributed by atoms with van der Waals surface area (Å²) in [6.45, 7) is 0. The zero-order valence-corrected chi connectivity index (χ0v) is 10.9. The number of fused-ring (bicyclic) bond motifs is 1. The fraction of sp³-hybridized carbons (Fsp3) is 0.133. The zero-order chi connectivity index (χ0) is 13.2. The molecule has 0 aliphatic heterocycles. The van der Waals surface area contributed by atoms with Crippen LogP contribution in [0.15, 0.2) is 48.8 Å². The Kier molecular flexibility index (Phi) is 3.22. The first-order chi connectivity index (χ1) is 9.25. The van der Waals surface area contributed by atoms with E-state index in [2.05, 4.69) is 9.97 Å². The zero-order valence-electron chi connectivity index (χ0n) is 10.1. The van der Waals surface area contributed by atoms with E-state index in [0.29, 0.717) is 11.8 Å². The third kappa shape index (κ3) is 2.34. The number of hydrogen-bond acceptors (Lipinski definition) is 1. The average Bonchev–Trinajstić information content (AvgIpc) is 2.92. The molecule has 0 spiro atoms. The van der Waals surface area contributed by atoms with Crippen LogP contribution in [0.3, 0.4) is 0 Å². The molecule has 2 aromatic carbocycles. The lowest BCUT2D eigenvalue weighted by molar-refractivity contribution is 0.639. The first-order valence-electron chi connectivity index (χ1n) is 6.05. The van der Waals surface area contributed by atoms with Crippen molar-refractivity contribution in [3.8, 4) is 0 Å². The summed E-state index contributed by atoms with van der Waals surface area (Å²) in [6.07, 6.45) is 4.05. The minimum Gasteiger partial charge on any atom is -0.349 e. The summed E-state index contributed by atoms with van der Waals surface area (Å²) in [4.78, 5) is 7.19. The molecule has 3 aromatic rings. The van der Waals surface area contributed by atoms with Crippen LogP contribution in [-0.2, 0) is 6.42 Å². The van der Waals surface area contributed by atoms with Gasteiger partial charge in [0, 0.05) is 24.2 Å². The van der Waals surface area contributed by atoms with Crippen molar-refractivity contribution < 1.29 is 4.39 Å². The maximum absolute atomic E-state index is 13.7. The van der Waals surface area contributed by atoms with Gasteiger partial charge in [0.25, 0.3) is 0 Å². The van der Waals surface area contributed by atoms with Crippen LogP contribution in [-0.4, -0.2) is 9.97 Å². The quantitative estimate of drug-likeness (QED) is 0.712. The molecule has 1 aromatic heterocycles. The minimum atomic E-state index is -0.239. The number of H-pyrrole nitrogens is 1. The third-order valence-corrected chi connectivity index (χ3v) is 3.56. The van der Waals surface area contributed by atoms with Crippen molar-refractivity contribution in [3.63, 3.8) is 0 Å². The van der Waals surface area contributed by atoms with Gasteiger partial charge in [0.05, 0.1) is 5.38 Å². The second-order valence-corrected chi connectivity index (χ2v) is 4.92. The maximum atomic E-state index is 13.7. The molecule has 0 radical (unpaired) electrons. The van der Waals surface area contributed by atoms with Crippen LogP contribution in [0.2, 0.25) is 0 Å². The predicted octanol–water partition coefficient (Wildman–Crippen LogP) is 4.22. The SMILES string of the molecule is Fc1ccc(C(Cl)Cc2ncc[nH]2)c2ccccc12. The Balaban J connectivity index is 2.03. The monoisotopic (exact) mass is 274 g/mol. The number of aromatic nitrogens is 2. The fourth-order valence-electron chi connectivity index (χ4n) is 2.25. The van der Waals surface area contributed by atoms with Crippen LogP contribution >= 0.6 is 11.6 Å². The fourth-order valence-corrected chi connectivity index (χ4v) is 2.58. The van der Waals surface area contributed by atoms with Crippen LogP contribution < -0.4 is 0 Å². The Hall–Kier alpha value is -1.87. The molecule has 3 rings (SSSR count). The Bertz CT molecular complexity index is 694. The van der Waals surface area contributed by atoms with Gasteiger partial charge in [0.2, 0.25) is 0 Å². The Labute approximate surface area is 115 Å². The molecule has 0 aliphatic carbocycles. The van der Waals surface area contributed by atoms with Crippen LogP contribution in [0.5, 0.6) is 0 Å². The van der Waals surface area contributed by atoms with Gasteiger partial charge in [-0.25, -0.2) is 9.37 Å². The lowest BCUT2D eigenvalue weighted by Crippen LogP contribution is -1.99. The number of rotatable bonds is 3. The summed E-state index contributed by atoms with van der Waals surface area (Å²) in [6, 6.07) is 10.6. The van der Waals surface area contributed by atoms with Gasteiger partial charge >= 0.3 is 0 Å². The largest absolute Gasteiger partial charge is 0.349 e. The smallest absolute Gasteiger partial charge is 0.131 e. The highest BCUT2D eigenvalue weighted by molar-refractivity contribution is 6.22. The number of hydrogen-bond donors (Lipinski definition) is 1. The molecule has 1 heterocycles. The van der Waals surface area contributed by atoms with Gasteiger partial charge in [-0.3, -0.25) is 0 Å². The van der Waals surface area contributed by atoms with Crippen LogP contribution in [0.1, 0.15) is 16.8 Å². The summed E-state index contributed by atoms with van der Waals surface area (Å²) in [7, 11) is 0. The summed E-state index contributed by atoms with van der Waals surface area (Å²) in [5.41, 5.74) is 0.926. The Morgan fingerprint density at radius 2 is 1.95 bits per heavy atom. The molecule has 96 valence electrons. The number of nitrogens with one attached hydrogen (secondary N) is 1. The number of benzene rings is 2. The van der Waals surface area contributed by atoms with E-state index in [9.17, 15) is 4.39 Å².